The molecule has 0 spiro atoms. The van der Waals surface area contributed by atoms with E-state index in [1.807, 2.05) is 0 Å². The molecular weight excluding hydrogens is 178 g/mol. The molecule has 1 N–H and O–H groups in total. The van der Waals surface area contributed by atoms with Crippen LogP contribution in [0.3, 0.4) is 0 Å². The topological polar surface area (TPSA) is 34.2 Å². The normalized spacial score (nSPS) is 10.2. The molecule has 1 aromatic rings. The Bertz CT molecular complexity index is 268. The molecule has 0 aliphatic heterocycles. The minimum Gasteiger partial charge on any atom is -0.486 e. The molecule has 1 aromatic heterocycles. The molecule has 0 saturated carbocycles. The minimum atomic E-state index is -2.46. The highest BCUT2D eigenvalue weighted by Crippen LogP contribution is 2.14. The van der Waals surface area contributed by atoms with E-state index in [1.165, 1.54) is 6.20 Å². The average Bonchev–Trinajstić information content (AvgIpc) is 2.15. The molecule has 0 aliphatic rings. The van der Waals surface area contributed by atoms with Gasteiger partial charge in [-0.3, -0.25) is 4.98 Å². The Morgan fingerprint density at radius 1 is 1.54 bits per heavy atom. The Morgan fingerprint density at radius 2 is 2.31 bits per heavy atom. The quantitative estimate of drug-likeness (QED) is 0.781. The van der Waals surface area contributed by atoms with Crippen molar-refractivity contribution >= 4 is 5.69 Å². The number of hydrogen-bond donors (Lipinski definition) is 1. The van der Waals surface area contributed by atoms with Crippen molar-refractivity contribution in [2.75, 3.05) is 19.0 Å². The van der Waals surface area contributed by atoms with Gasteiger partial charge < -0.3 is 10.1 Å². The zero-order chi connectivity index (χ0) is 9.68. The summed E-state index contributed by atoms with van der Waals surface area (Å²) in [6, 6.07) is 1.61. The molecule has 3 nitrogen and oxygen atoms in total. The summed E-state index contributed by atoms with van der Waals surface area (Å²) >= 11 is 0. The zero-order valence-electron chi connectivity index (χ0n) is 7.13. The first-order chi connectivity index (χ1) is 6.22. The molecule has 0 aliphatic carbocycles. The van der Waals surface area contributed by atoms with E-state index in [9.17, 15) is 8.78 Å². The Morgan fingerprint density at radius 3 is 2.92 bits per heavy atom. The van der Waals surface area contributed by atoms with E-state index in [0.717, 1.165) is 5.69 Å². The monoisotopic (exact) mass is 188 g/mol. The van der Waals surface area contributed by atoms with Crippen LogP contribution in [-0.4, -0.2) is 25.1 Å². The first-order valence-electron chi connectivity index (χ1n) is 3.76. The van der Waals surface area contributed by atoms with Gasteiger partial charge in [-0.1, -0.05) is 0 Å². The third kappa shape index (κ3) is 3.23. The number of aromatic nitrogens is 1. The minimum absolute atomic E-state index is 0.340. The fourth-order valence-corrected chi connectivity index (χ4v) is 0.794. The maximum Gasteiger partial charge on any atom is 0.272 e. The third-order valence-corrected chi connectivity index (χ3v) is 1.38. The molecule has 0 amide bonds. The van der Waals surface area contributed by atoms with Crippen molar-refractivity contribution in [2.45, 2.75) is 6.43 Å². The largest absolute Gasteiger partial charge is 0.486 e. The molecule has 1 heterocycles. The summed E-state index contributed by atoms with van der Waals surface area (Å²) in [6.45, 7) is -0.602. The van der Waals surface area contributed by atoms with Crippen LogP contribution in [0.15, 0.2) is 18.5 Å². The number of anilines is 1. The molecule has 1 rings (SSSR count). The van der Waals surface area contributed by atoms with Gasteiger partial charge in [-0.25, -0.2) is 8.78 Å². The smallest absolute Gasteiger partial charge is 0.272 e. The van der Waals surface area contributed by atoms with Gasteiger partial charge in [0.25, 0.3) is 6.43 Å². The maximum atomic E-state index is 11.7. The second kappa shape index (κ2) is 4.59. The zero-order valence-corrected chi connectivity index (χ0v) is 7.13. The number of rotatable bonds is 4. The summed E-state index contributed by atoms with van der Waals surface area (Å²) in [5.74, 6) is 0.340. The SMILES string of the molecule is CNc1cncc(OCC(F)F)c1. The molecule has 13 heavy (non-hydrogen) atoms. The van der Waals surface area contributed by atoms with Crippen molar-refractivity contribution in [1.29, 1.82) is 0 Å². The van der Waals surface area contributed by atoms with E-state index < -0.39 is 13.0 Å². The van der Waals surface area contributed by atoms with Crippen LogP contribution in [0.2, 0.25) is 0 Å². The van der Waals surface area contributed by atoms with Crippen molar-refractivity contribution in [2.24, 2.45) is 0 Å². The standard InChI is InChI=1S/C8H10F2N2O/c1-11-6-2-7(4-12-3-6)13-5-8(9)10/h2-4,8,11H,5H2,1H3. The van der Waals surface area contributed by atoms with Crippen LogP contribution >= 0.6 is 0 Å². The second-order valence-electron chi connectivity index (χ2n) is 2.36. The lowest BCUT2D eigenvalue weighted by Crippen LogP contribution is -2.07. The number of hydrogen-bond acceptors (Lipinski definition) is 3. The summed E-state index contributed by atoms with van der Waals surface area (Å²) in [5.41, 5.74) is 0.728. The predicted octanol–water partition coefficient (Wildman–Crippen LogP) is 1.77. The first kappa shape index (κ1) is 9.70. The molecular formula is C8H10F2N2O. The molecule has 0 unspecified atom stereocenters. The maximum absolute atomic E-state index is 11.7. The Labute approximate surface area is 74.7 Å². The Balaban J connectivity index is 2.56. The number of nitrogens with zero attached hydrogens (tertiary/aromatic N) is 1. The van der Waals surface area contributed by atoms with Gasteiger partial charge in [0.2, 0.25) is 0 Å². The lowest BCUT2D eigenvalue weighted by molar-refractivity contribution is 0.0817. The van der Waals surface area contributed by atoms with Gasteiger partial charge in [-0.2, -0.15) is 0 Å². The summed E-state index contributed by atoms with van der Waals surface area (Å²) in [4.78, 5) is 3.80. The molecule has 0 saturated heterocycles. The number of alkyl halides is 2. The van der Waals surface area contributed by atoms with Crippen molar-refractivity contribution in [3.05, 3.63) is 18.5 Å². The molecule has 0 bridgehead atoms. The third-order valence-electron chi connectivity index (χ3n) is 1.38. The molecule has 72 valence electrons. The van der Waals surface area contributed by atoms with Crippen molar-refractivity contribution in [1.82, 2.24) is 4.98 Å². The lowest BCUT2D eigenvalue weighted by atomic mass is 10.4. The van der Waals surface area contributed by atoms with E-state index in [0.29, 0.717) is 5.75 Å². The van der Waals surface area contributed by atoms with E-state index >= 15 is 0 Å². The predicted molar refractivity (Wildman–Crippen MR) is 45.3 cm³/mol. The van der Waals surface area contributed by atoms with E-state index in [4.69, 9.17) is 4.74 Å². The van der Waals surface area contributed by atoms with E-state index in [2.05, 4.69) is 10.3 Å². The molecule has 0 fully saturated rings. The molecule has 5 heteroatoms. The van der Waals surface area contributed by atoms with E-state index in [1.54, 1.807) is 19.3 Å². The first-order valence-corrected chi connectivity index (χ1v) is 3.76. The van der Waals surface area contributed by atoms with Gasteiger partial charge in [0.1, 0.15) is 12.4 Å². The van der Waals surface area contributed by atoms with Crippen LogP contribution in [0.1, 0.15) is 0 Å². The summed E-state index contributed by atoms with van der Waals surface area (Å²) < 4.78 is 28.2. The fourth-order valence-electron chi connectivity index (χ4n) is 0.794. The second-order valence-corrected chi connectivity index (χ2v) is 2.36. The number of nitrogens with one attached hydrogen (secondary N) is 1. The van der Waals surface area contributed by atoms with Gasteiger partial charge in [-0.05, 0) is 0 Å². The van der Waals surface area contributed by atoms with Crippen LogP contribution in [-0.2, 0) is 0 Å². The Kier molecular flexibility index (Phi) is 3.42. The van der Waals surface area contributed by atoms with Crippen molar-refractivity contribution < 1.29 is 13.5 Å². The molecule has 0 atom stereocenters. The molecule has 0 radical (unpaired) electrons. The van der Waals surface area contributed by atoms with Crippen LogP contribution in [0.4, 0.5) is 14.5 Å². The van der Waals surface area contributed by atoms with Gasteiger partial charge in [0.05, 0.1) is 18.1 Å². The lowest BCUT2D eigenvalue weighted by Gasteiger charge is -2.05. The van der Waals surface area contributed by atoms with Crippen molar-refractivity contribution in [3.8, 4) is 5.75 Å². The van der Waals surface area contributed by atoms with Gasteiger partial charge in [0, 0.05) is 13.1 Å². The summed E-state index contributed by atoms with van der Waals surface area (Å²) in [7, 11) is 1.72. The van der Waals surface area contributed by atoms with Crippen molar-refractivity contribution in [3.63, 3.8) is 0 Å². The van der Waals surface area contributed by atoms with Crippen LogP contribution in [0.25, 0.3) is 0 Å². The van der Waals surface area contributed by atoms with Crippen LogP contribution < -0.4 is 10.1 Å². The van der Waals surface area contributed by atoms with Gasteiger partial charge >= 0.3 is 0 Å². The van der Waals surface area contributed by atoms with Gasteiger partial charge in [-0.15, -0.1) is 0 Å². The molecule has 0 aromatic carbocycles. The van der Waals surface area contributed by atoms with Gasteiger partial charge in [0.15, 0.2) is 0 Å². The number of pyridine rings is 1. The number of ether oxygens (including phenoxy) is 1. The van der Waals surface area contributed by atoms with Crippen LogP contribution in [0, 0.1) is 0 Å². The highest BCUT2D eigenvalue weighted by Gasteiger charge is 2.03. The highest BCUT2D eigenvalue weighted by molar-refractivity contribution is 5.44. The van der Waals surface area contributed by atoms with Crippen LogP contribution in [0.5, 0.6) is 5.75 Å². The highest BCUT2D eigenvalue weighted by atomic mass is 19.3. The average molecular weight is 188 g/mol. The summed E-state index contributed by atoms with van der Waals surface area (Å²) in [6.07, 6.45) is 0.511. The summed E-state index contributed by atoms with van der Waals surface area (Å²) in [5, 5.41) is 2.82. The number of halogens is 2. The Hall–Kier alpha value is -1.39. The van der Waals surface area contributed by atoms with E-state index in [-0.39, 0.29) is 0 Å². The fraction of sp³-hybridized carbons (Fsp3) is 0.375.